The highest BCUT2D eigenvalue weighted by Crippen LogP contribution is 2.24. The van der Waals surface area contributed by atoms with E-state index in [1.807, 2.05) is 0 Å². The van der Waals surface area contributed by atoms with Crippen LogP contribution in [0.25, 0.3) is 0 Å². The molecule has 29 heavy (non-hydrogen) atoms. The van der Waals surface area contributed by atoms with Gasteiger partial charge in [0.1, 0.15) is 5.82 Å². The second kappa shape index (κ2) is 9.17. The standard InChI is InChI=1S/C21H22FNO5S/c22-17-8-10-18(11-9-17)29(26,27)15-12-19(24)28-20(16-6-2-1-3-7-16)21(25)23-13-4-5-14-23/h1-3,6-11,20H,4-5,12-15H2/t20-/m0/s1. The largest absolute Gasteiger partial charge is 0.447 e. The third kappa shape index (κ3) is 5.41. The fourth-order valence-electron chi connectivity index (χ4n) is 3.16. The summed E-state index contributed by atoms with van der Waals surface area (Å²) in [6.07, 6.45) is 0.292. The number of carbonyl (C=O) groups excluding carboxylic acids is 2. The highest BCUT2D eigenvalue weighted by atomic mass is 32.2. The van der Waals surface area contributed by atoms with E-state index in [0.717, 1.165) is 37.1 Å². The lowest BCUT2D eigenvalue weighted by Gasteiger charge is -2.23. The minimum atomic E-state index is -3.77. The highest BCUT2D eigenvalue weighted by molar-refractivity contribution is 7.91. The predicted octanol–water partition coefficient (Wildman–Crippen LogP) is 2.90. The van der Waals surface area contributed by atoms with Crippen molar-refractivity contribution in [3.05, 3.63) is 66.0 Å². The number of benzene rings is 2. The first kappa shape index (κ1) is 21.0. The molecule has 1 aliphatic heterocycles. The number of amides is 1. The Bertz CT molecular complexity index is 954. The van der Waals surface area contributed by atoms with Crippen LogP contribution in [0.5, 0.6) is 0 Å². The molecule has 1 amide bonds. The lowest BCUT2D eigenvalue weighted by atomic mass is 10.1. The van der Waals surface area contributed by atoms with E-state index in [4.69, 9.17) is 4.74 Å². The average molecular weight is 419 g/mol. The molecule has 1 saturated heterocycles. The van der Waals surface area contributed by atoms with Crippen molar-refractivity contribution in [2.24, 2.45) is 0 Å². The molecule has 1 atom stereocenters. The van der Waals surface area contributed by atoms with Crippen LogP contribution in [0.3, 0.4) is 0 Å². The van der Waals surface area contributed by atoms with Gasteiger partial charge in [-0.1, -0.05) is 30.3 Å². The second-order valence-corrected chi connectivity index (χ2v) is 8.94. The van der Waals surface area contributed by atoms with Crippen molar-refractivity contribution in [2.45, 2.75) is 30.3 Å². The maximum absolute atomic E-state index is 13.0. The van der Waals surface area contributed by atoms with Gasteiger partial charge in [0.2, 0.25) is 6.10 Å². The summed E-state index contributed by atoms with van der Waals surface area (Å²) in [6, 6.07) is 13.1. The summed E-state index contributed by atoms with van der Waals surface area (Å²) in [5.41, 5.74) is 0.541. The molecule has 0 saturated carbocycles. The van der Waals surface area contributed by atoms with Gasteiger partial charge < -0.3 is 9.64 Å². The fraction of sp³-hybridized carbons (Fsp3) is 0.333. The molecular weight excluding hydrogens is 397 g/mol. The van der Waals surface area contributed by atoms with Crippen molar-refractivity contribution in [1.82, 2.24) is 4.90 Å². The van der Waals surface area contributed by atoms with Crippen molar-refractivity contribution in [1.29, 1.82) is 0 Å². The number of nitrogens with zero attached hydrogens (tertiary/aromatic N) is 1. The molecular formula is C21H22FNO5S. The Labute approximate surface area is 169 Å². The molecule has 1 heterocycles. The van der Waals surface area contributed by atoms with E-state index in [-0.39, 0.29) is 10.8 Å². The van der Waals surface area contributed by atoms with Crippen LogP contribution in [-0.2, 0) is 24.2 Å². The van der Waals surface area contributed by atoms with Crippen LogP contribution in [0, 0.1) is 5.82 Å². The number of carbonyl (C=O) groups is 2. The third-order valence-corrected chi connectivity index (χ3v) is 6.47. The zero-order chi connectivity index (χ0) is 20.9. The van der Waals surface area contributed by atoms with E-state index in [1.54, 1.807) is 35.2 Å². The molecule has 154 valence electrons. The molecule has 0 spiro atoms. The second-order valence-electron chi connectivity index (χ2n) is 6.84. The number of ether oxygens (including phenoxy) is 1. The number of likely N-dealkylation sites (tertiary alicyclic amines) is 1. The zero-order valence-electron chi connectivity index (χ0n) is 15.8. The van der Waals surface area contributed by atoms with E-state index in [9.17, 15) is 22.4 Å². The van der Waals surface area contributed by atoms with E-state index in [2.05, 4.69) is 0 Å². The summed E-state index contributed by atoms with van der Waals surface area (Å²) < 4.78 is 43.1. The van der Waals surface area contributed by atoms with Crippen LogP contribution in [0.1, 0.15) is 30.9 Å². The quantitative estimate of drug-likeness (QED) is 0.509. The van der Waals surface area contributed by atoms with Crippen LogP contribution >= 0.6 is 0 Å². The van der Waals surface area contributed by atoms with Gasteiger partial charge in [0.15, 0.2) is 9.84 Å². The summed E-state index contributed by atoms with van der Waals surface area (Å²) >= 11 is 0. The number of hydrogen-bond donors (Lipinski definition) is 0. The van der Waals surface area contributed by atoms with Gasteiger partial charge in [-0.15, -0.1) is 0 Å². The Balaban J connectivity index is 1.68. The summed E-state index contributed by atoms with van der Waals surface area (Å²) in [4.78, 5) is 26.8. The first-order valence-electron chi connectivity index (χ1n) is 9.38. The molecule has 2 aromatic carbocycles. The van der Waals surface area contributed by atoms with E-state index in [0.29, 0.717) is 18.7 Å². The summed E-state index contributed by atoms with van der Waals surface area (Å²) in [6.45, 7) is 1.22. The molecule has 1 aliphatic rings. The molecule has 8 heteroatoms. The lowest BCUT2D eigenvalue weighted by molar-refractivity contribution is -0.160. The number of halogens is 1. The monoisotopic (exact) mass is 419 g/mol. The van der Waals surface area contributed by atoms with Crippen LogP contribution in [0.15, 0.2) is 59.5 Å². The topological polar surface area (TPSA) is 80.7 Å². The molecule has 3 rings (SSSR count). The minimum absolute atomic E-state index is 0.0700. The molecule has 0 aliphatic carbocycles. The Kier molecular flexibility index (Phi) is 6.64. The van der Waals surface area contributed by atoms with E-state index < -0.39 is 39.9 Å². The van der Waals surface area contributed by atoms with E-state index >= 15 is 0 Å². The van der Waals surface area contributed by atoms with Crippen molar-refractivity contribution in [3.8, 4) is 0 Å². The number of rotatable bonds is 7. The Hall–Kier alpha value is -2.74. The van der Waals surface area contributed by atoms with Gasteiger partial charge in [-0.3, -0.25) is 9.59 Å². The zero-order valence-corrected chi connectivity index (χ0v) is 16.6. The van der Waals surface area contributed by atoms with Gasteiger partial charge in [-0.05, 0) is 37.1 Å². The molecule has 1 fully saturated rings. The van der Waals surface area contributed by atoms with Crippen molar-refractivity contribution in [2.75, 3.05) is 18.8 Å². The number of sulfone groups is 1. The van der Waals surface area contributed by atoms with Crippen LogP contribution in [0.2, 0.25) is 0 Å². The normalized spacial score (nSPS) is 15.1. The summed E-state index contributed by atoms with van der Waals surface area (Å²) in [7, 11) is -3.77. The minimum Gasteiger partial charge on any atom is -0.447 e. The highest BCUT2D eigenvalue weighted by Gasteiger charge is 2.31. The van der Waals surface area contributed by atoms with Crippen LogP contribution < -0.4 is 0 Å². The third-order valence-electron chi connectivity index (χ3n) is 4.74. The Morgan fingerprint density at radius 3 is 2.24 bits per heavy atom. The molecule has 0 N–H and O–H groups in total. The number of hydrogen-bond acceptors (Lipinski definition) is 5. The fourth-order valence-corrected chi connectivity index (χ4v) is 4.38. The van der Waals surface area contributed by atoms with Gasteiger partial charge in [0.25, 0.3) is 5.91 Å². The maximum atomic E-state index is 13.0. The Morgan fingerprint density at radius 2 is 1.62 bits per heavy atom. The number of esters is 1. The SMILES string of the molecule is O=C(CCS(=O)(=O)c1ccc(F)cc1)O[C@H](C(=O)N1CCCC1)c1ccccc1. The molecule has 0 bridgehead atoms. The predicted molar refractivity (Wildman–Crippen MR) is 104 cm³/mol. The van der Waals surface area contributed by atoms with Crippen LogP contribution in [-0.4, -0.2) is 44.0 Å². The molecule has 0 aromatic heterocycles. The molecule has 2 aromatic rings. The smallest absolute Gasteiger partial charge is 0.307 e. The first-order chi connectivity index (χ1) is 13.9. The molecule has 6 nitrogen and oxygen atoms in total. The average Bonchev–Trinajstić information content (AvgIpc) is 3.26. The Morgan fingerprint density at radius 1 is 1.00 bits per heavy atom. The summed E-state index contributed by atoms with van der Waals surface area (Å²) in [5.74, 6) is -2.12. The summed E-state index contributed by atoms with van der Waals surface area (Å²) in [5, 5.41) is 0. The molecule has 0 unspecified atom stereocenters. The van der Waals surface area contributed by atoms with Crippen LogP contribution in [0.4, 0.5) is 4.39 Å². The molecule has 0 radical (unpaired) electrons. The van der Waals surface area contributed by atoms with Crippen molar-refractivity contribution < 1.29 is 27.1 Å². The van der Waals surface area contributed by atoms with Crippen molar-refractivity contribution in [3.63, 3.8) is 0 Å². The van der Waals surface area contributed by atoms with Gasteiger partial charge in [-0.2, -0.15) is 0 Å². The van der Waals surface area contributed by atoms with Gasteiger partial charge in [0.05, 0.1) is 17.1 Å². The van der Waals surface area contributed by atoms with Crippen molar-refractivity contribution >= 4 is 21.7 Å². The lowest BCUT2D eigenvalue weighted by Crippen LogP contribution is -2.35. The van der Waals surface area contributed by atoms with Gasteiger partial charge >= 0.3 is 5.97 Å². The van der Waals surface area contributed by atoms with Gasteiger partial charge in [0, 0.05) is 18.7 Å². The van der Waals surface area contributed by atoms with Gasteiger partial charge in [-0.25, -0.2) is 12.8 Å². The maximum Gasteiger partial charge on any atom is 0.307 e. The first-order valence-corrected chi connectivity index (χ1v) is 11.0. The van der Waals surface area contributed by atoms with E-state index in [1.165, 1.54) is 0 Å².